The fourth-order valence-corrected chi connectivity index (χ4v) is 10.7. The van der Waals surface area contributed by atoms with Gasteiger partial charge in [-0.1, -0.05) is 97.1 Å². The van der Waals surface area contributed by atoms with Crippen molar-refractivity contribution in [2.45, 2.75) is 13.8 Å². The second-order valence-corrected chi connectivity index (χ2v) is 19.5. The van der Waals surface area contributed by atoms with E-state index in [2.05, 4.69) is 72.8 Å². The highest BCUT2D eigenvalue weighted by molar-refractivity contribution is 6.28. The minimum Gasteiger partial charge on any atom is -0.307 e. The van der Waals surface area contributed by atoms with Crippen LogP contribution < -0.4 is 9.80 Å². The van der Waals surface area contributed by atoms with Gasteiger partial charge in [-0.25, -0.2) is 8.78 Å². The van der Waals surface area contributed by atoms with E-state index >= 15 is 8.78 Å². The molecule has 0 aromatic heterocycles. The van der Waals surface area contributed by atoms with Gasteiger partial charge in [0.1, 0.15) is 11.6 Å². The predicted octanol–water partition coefficient (Wildman–Crippen LogP) is 18.6. The molecule has 0 aliphatic rings. The molecule has 0 amide bonds. The zero-order valence-corrected chi connectivity index (χ0v) is 42.2. The number of nitriles is 4. The lowest BCUT2D eigenvalue weighted by Gasteiger charge is -2.30. The number of benzene rings is 12. The van der Waals surface area contributed by atoms with Gasteiger partial charge in [-0.2, -0.15) is 21.0 Å². The minimum absolute atomic E-state index is 0.334. The Hall–Kier alpha value is -10.9. The molecular formula is C70H42F2N6. The topological polar surface area (TPSA) is 102 Å². The van der Waals surface area contributed by atoms with Crippen molar-refractivity contribution in [1.29, 1.82) is 21.0 Å². The lowest BCUT2D eigenvalue weighted by atomic mass is 9.91. The number of nitrogens with zero attached hydrogens (tertiary/aromatic N) is 6. The van der Waals surface area contributed by atoms with Crippen LogP contribution in [0.2, 0.25) is 0 Å². The van der Waals surface area contributed by atoms with Crippen LogP contribution in [-0.2, 0) is 0 Å². The van der Waals surface area contributed by atoms with E-state index in [4.69, 9.17) is 0 Å². The third kappa shape index (κ3) is 8.72. The Labute approximate surface area is 450 Å². The largest absolute Gasteiger partial charge is 0.307 e. The molecule has 0 spiro atoms. The van der Waals surface area contributed by atoms with Crippen LogP contribution >= 0.6 is 0 Å². The summed E-state index contributed by atoms with van der Waals surface area (Å²) in [6.07, 6.45) is 0. The maximum Gasteiger partial charge on any atom is 0.147 e. The van der Waals surface area contributed by atoms with Gasteiger partial charge < -0.3 is 9.80 Å². The average molecular weight is 1010 g/mol. The lowest BCUT2D eigenvalue weighted by Crippen LogP contribution is -2.13. The molecule has 0 bridgehead atoms. The van der Waals surface area contributed by atoms with Gasteiger partial charge in [0.2, 0.25) is 0 Å². The molecule has 0 saturated carbocycles. The van der Waals surface area contributed by atoms with E-state index < -0.39 is 11.6 Å². The molecule has 0 radical (unpaired) electrons. The molecular weight excluding hydrogens is 963 g/mol. The van der Waals surface area contributed by atoms with Crippen LogP contribution in [0, 0.1) is 70.8 Å². The molecule has 0 aliphatic heterocycles. The van der Waals surface area contributed by atoms with Gasteiger partial charge in [0.05, 0.1) is 69.3 Å². The first kappa shape index (κ1) is 48.1. The highest BCUT2D eigenvalue weighted by atomic mass is 19.1. The first-order valence-electron chi connectivity index (χ1n) is 25.2. The summed E-state index contributed by atoms with van der Waals surface area (Å²) in [7, 11) is 0. The monoisotopic (exact) mass is 1000 g/mol. The third-order valence-corrected chi connectivity index (χ3v) is 14.5. The second kappa shape index (κ2) is 19.7. The van der Waals surface area contributed by atoms with E-state index in [1.54, 1.807) is 60.7 Å². The molecule has 0 atom stereocenters. The molecule has 0 fully saturated rings. The Balaban J connectivity index is 1.11. The minimum atomic E-state index is -0.411. The zero-order valence-electron chi connectivity index (χ0n) is 42.2. The van der Waals surface area contributed by atoms with Crippen LogP contribution in [-0.4, -0.2) is 0 Å². The Morgan fingerprint density at radius 1 is 0.295 bits per heavy atom. The number of rotatable bonds is 10. The smallest absolute Gasteiger partial charge is 0.147 e. The Kier molecular flexibility index (Phi) is 12.2. The molecule has 0 heterocycles. The molecule has 78 heavy (non-hydrogen) atoms. The average Bonchev–Trinajstić information content (AvgIpc) is 3.57. The predicted molar refractivity (Wildman–Crippen MR) is 310 cm³/mol. The third-order valence-electron chi connectivity index (χ3n) is 14.5. The summed E-state index contributed by atoms with van der Waals surface area (Å²) in [5, 5.41) is 44.2. The maximum atomic E-state index is 17.0. The normalized spacial score (nSPS) is 11.0. The fourth-order valence-electron chi connectivity index (χ4n) is 10.7. The molecule has 6 nitrogen and oxygen atoms in total. The standard InChI is InChI=1S/C70H42F2N6/c1-43-3-27-67(63(71)31-43)77(59-35-55(49-13-5-45(39-73)6-14-49)33-56(36-59)50-15-7-46(40-74)8-16-50)65-29-23-53-22-26-62-66(30-24-54-21-25-61(65)69(53)70(54)62)78(68-28-4-44(2)32-64(68)72)60-37-57(51-17-9-47(41-75)10-18-51)34-58(38-60)52-19-11-48(42-76)12-20-52/h3-38H,1-2H3. The number of halogens is 2. The van der Waals surface area contributed by atoms with E-state index in [9.17, 15) is 21.0 Å². The molecule has 12 rings (SSSR count). The van der Waals surface area contributed by atoms with E-state index in [0.29, 0.717) is 45.0 Å². The summed E-state index contributed by atoms with van der Waals surface area (Å²) in [5.41, 5.74) is 13.9. The van der Waals surface area contributed by atoms with E-state index in [1.165, 1.54) is 0 Å². The van der Waals surface area contributed by atoms with Gasteiger partial charge in [0, 0.05) is 22.1 Å². The Morgan fingerprint density at radius 2 is 0.577 bits per heavy atom. The molecule has 0 aliphatic carbocycles. The van der Waals surface area contributed by atoms with Gasteiger partial charge in [0.15, 0.2) is 0 Å². The van der Waals surface area contributed by atoms with E-state index in [0.717, 1.165) is 99.3 Å². The molecule has 12 aromatic carbocycles. The van der Waals surface area contributed by atoms with Crippen molar-refractivity contribution < 1.29 is 8.78 Å². The SMILES string of the molecule is Cc1ccc(N(c2cc(-c3ccc(C#N)cc3)cc(-c3ccc(C#N)cc3)c2)c2ccc3ccc4c(N(c5cc(-c6ccc(C#N)cc6)cc(-c6ccc(C#N)cc6)c5)c5ccc(C)cc5F)ccc5ccc2c3c54)c(F)c1. The molecule has 0 saturated heterocycles. The van der Waals surface area contributed by atoms with Crippen molar-refractivity contribution in [2.75, 3.05) is 9.80 Å². The summed E-state index contributed by atoms with van der Waals surface area (Å²) in [5.74, 6) is -0.822. The van der Waals surface area contributed by atoms with Gasteiger partial charge in [-0.3, -0.25) is 0 Å². The van der Waals surface area contributed by atoms with Crippen molar-refractivity contribution in [2.24, 2.45) is 0 Å². The first-order valence-corrected chi connectivity index (χ1v) is 25.2. The van der Waals surface area contributed by atoms with Crippen LogP contribution in [0.1, 0.15) is 33.4 Å². The fraction of sp³-hybridized carbons (Fsp3) is 0.0286. The Bertz CT molecular complexity index is 4080. The van der Waals surface area contributed by atoms with Gasteiger partial charge in [0.25, 0.3) is 0 Å². The van der Waals surface area contributed by atoms with Crippen molar-refractivity contribution in [3.8, 4) is 68.8 Å². The van der Waals surface area contributed by atoms with E-state index in [-0.39, 0.29) is 0 Å². The van der Waals surface area contributed by atoms with Gasteiger partial charge in [-0.15, -0.1) is 0 Å². The van der Waals surface area contributed by atoms with Crippen molar-refractivity contribution >= 4 is 66.4 Å². The van der Waals surface area contributed by atoms with Crippen LogP contribution in [0.3, 0.4) is 0 Å². The van der Waals surface area contributed by atoms with Crippen molar-refractivity contribution in [1.82, 2.24) is 0 Å². The van der Waals surface area contributed by atoms with Crippen LogP contribution in [0.15, 0.2) is 218 Å². The first-order chi connectivity index (χ1) is 38.1. The summed E-state index contributed by atoms with van der Waals surface area (Å²) >= 11 is 0. The highest BCUT2D eigenvalue weighted by Gasteiger charge is 2.26. The molecule has 8 heteroatoms. The quantitative estimate of drug-likeness (QED) is 0.127. The number of anilines is 6. The Morgan fingerprint density at radius 3 is 0.859 bits per heavy atom. The van der Waals surface area contributed by atoms with Crippen LogP contribution in [0.5, 0.6) is 0 Å². The van der Waals surface area contributed by atoms with Crippen molar-refractivity contribution in [3.63, 3.8) is 0 Å². The summed E-state index contributed by atoms with van der Waals surface area (Å²) in [6, 6.07) is 77.7. The number of aryl methyl sites for hydroxylation is 2. The molecule has 366 valence electrons. The van der Waals surface area contributed by atoms with Gasteiger partial charge in [-0.05, 0) is 212 Å². The summed E-state index contributed by atoms with van der Waals surface area (Å²) in [4.78, 5) is 3.93. The number of hydrogen-bond donors (Lipinski definition) is 0. The molecule has 12 aromatic rings. The summed E-state index contributed by atoms with van der Waals surface area (Å²) < 4.78 is 34.0. The van der Waals surface area contributed by atoms with Crippen LogP contribution in [0.4, 0.5) is 42.9 Å². The second-order valence-electron chi connectivity index (χ2n) is 19.5. The number of hydrogen-bond acceptors (Lipinski definition) is 6. The zero-order chi connectivity index (χ0) is 53.6. The van der Waals surface area contributed by atoms with Crippen LogP contribution in [0.25, 0.3) is 76.8 Å². The lowest BCUT2D eigenvalue weighted by molar-refractivity contribution is 0.627. The molecule has 0 N–H and O–H groups in total. The highest BCUT2D eigenvalue weighted by Crippen LogP contribution is 2.50. The van der Waals surface area contributed by atoms with Gasteiger partial charge >= 0.3 is 0 Å². The molecule has 0 unspecified atom stereocenters. The summed E-state index contributed by atoms with van der Waals surface area (Å²) in [6.45, 7) is 3.73. The van der Waals surface area contributed by atoms with E-state index in [1.807, 2.05) is 133 Å². The van der Waals surface area contributed by atoms with Crippen molar-refractivity contribution in [3.05, 3.63) is 263 Å². The maximum absolute atomic E-state index is 17.0.